The van der Waals surface area contributed by atoms with Gasteiger partial charge in [0.1, 0.15) is 5.82 Å². The van der Waals surface area contributed by atoms with Gasteiger partial charge in [0.15, 0.2) is 5.69 Å². The fourth-order valence-corrected chi connectivity index (χ4v) is 3.93. The van der Waals surface area contributed by atoms with E-state index in [0.717, 1.165) is 29.9 Å². The van der Waals surface area contributed by atoms with Crippen LogP contribution in [0.5, 0.6) is 0 Å². The highest BCUT2D eigenvalue weighted by molar-refractivity contribution is 5.93. The summed E-state index contributed by atoms with van der Waals surface area (Å²) in [5.74, 6) is 0.637. The van der Waals surface area contributed by atoms with Gasteiger partial charge in [0.2, 0.25) is 0 Å². The topological polar surface area (TPSA) is 102 Å². The van der Waals surface area contributed by atoms with Crippen LogP contribution in [0.1, 0.15) is 53.3 Å². The van der Waals surface area contributed by atoms with Gasteiger partial charge in [-0.25, -0.2) is 14.6 Å². The van der Waals surface area contributed by atoms with E-state index in [1.807, 2.05) is 44.2 Å². The number of nitrogens with one attached hydrogen (secondary N) is 1. The van der Waals surface area contributed by atoms with Crippen LogP contribution in [0, 0.1) is 6.92 Å². The highest BCUT2D eigenvalue weighted by Gasteiger charge is 2.31. The number of aromatic nitrogens is 6. The van der Waals surface area contributed by atoms with Crippen molar-refractivity contribution >= 4 is 5.91 Å². The van der Waals surface area contributed by atoms with Crippen molar-refractivity contribution in [3.05, 3.63) is 63.6 Å². The second kappa shape index (κ2) is 8.02. The van der Waals surface area contributed by atoms with E-state index in [1.54, 1.807) is 14.1 Å². The number of benzene rings is 1. The van der Waals surface area contributed by atoms with E-state index in [9.17, 15) is 9.59 Å². The first kappa shape index (κ1) is 19.1. The van der Waals surface area contributed by atoms with Gasteiger partial charge in [0, 0.05) is 25.6 Å². The number of carbonyl (C=O) groups is 1. The maximum Gasteiger partial charge on any atom is 0.343 e. The first-order valence-electron chi connectivity index (χ1n) is 9.96. The number of hydrogen-bond donors (Lipinski definition) is 1. The summed E-state index contributed by atoms with van der Waals surface area (Å²) in [6, 6.07) is 9.97. The summed E-state index contributed by atoms with van der Waals surface area (Å²) >= 11 is 0. The standard InChI is InChI=1S/C20H25N7O2/c1-3-26-18(22-23-20(26)29)16-10-7-11-25(13-16)19(28)17-14(2)27(24-21-17)12-15-8-5-4-6-9-15/h4-6,8-9,16H,3,7,10-13H2,1-2H3,(H,23,29)/t16-/m0/s1. The molecule has 9 nitrogen and oxygen atoms in total. The smallest absolute Gasteiger partial charge is 0.336 e. The lowest BCUT2D eigenvalue weighted by atomic mass is 9.96. The molecule has 1 amide bonds. The van der Waals surface area contributed by atoms with Crippen LogP contribution in [0.25, 0.3) is 0 Å². The zero-order valence-electron chi connectivity index (χ0n) is 16.7. The zero-order valence-corrected chi connectivity index (χ0v) is 16.7. The Morgan fingerprint density at radius 3 is 2.83 bits per heavy atom. The molecule has 152 valence electrons. The molecule has 9 heteroatoms. The van der Waals surface area contributed by atoms with Gasteiger partial charge in [0.05, 0.1) is 12.2 Å². The van der Waals surface area contributed by atoms with Crippen molar-refractivity contribution in [1.29, 1.82) is 0 Å². The highest BCUT2D eigenvalue weighted by atomic mass is 16.2. The second-order valence-electron chi connectivity index (χ2n) is 7.39. The third-order valence-electron chi connectivity index (χ3n) is 5.54. The van der Waals surface area contributed by atoms with Crippen LogP contribution in [0.4, 0.5) is 0 Å². The molecule has 2 aromatic heterocycles. The quantitative estimate of drug-likeness (QED) is 0.706. The van der Waals surface area contributed by atoms with Crippen LogP contribution in [0.2, 0.25) is 0 Å². The number of hydrogen-bond acceptors (Lipinski definition) is 5. The second-order valence-corrected chi connectivity index (χ2v) is 7.39. The SMILES string of the molecule is CCn1c([C@H]2CCCN(C(=O)c3nnn(Cc4ccccc4)c3C)C2)n[nH]c1=O. The molecule has 1 N–H and O–H groups in total. The molecule has 0 saturated carbocycles. The number of piperidine rings is 1. The van der Waals surface area contributed by atoms with E-state index >= 15 is 0 Å². The Morgan fingerprint density at radius 1 is 1.28 bits per heavy atom. The number of rotatable bonds is 5. The van der Waals surface area contributed by atoms with Gasteiger partial charge in [-0.05, 0) is 32.3 Å². The summed E-state index contributed by atoms with van der Waals surface area (Å²) in [5.41, 5.74) is 2.04. The van der Waals surface area contributed by atoms with Gasteiger partial charge in [-0.2, -0.15) is 5.10 Å². The molecular weight excluding hydrogens is 370 g/mol. The van der Waals surface area contributed by atoms with Crippen molar-refractivity contribution in [2.75, 3.05) is 13.1 Å². The zero-order chi connectivity index (χ0) is 20.4. The minimum absolute atomic E-state index is 0.0336. The van der Waals surface area contributed by atoms with Gasteiger partial charge in [-0.3, -0.25) is 9.36 Å². The van der Waals surface area contributed by atoms with Crippen molar-refractivity contribution < 1.29 is 4.79 Å². The number of aromatic amines is 1. The van der Waals surface area contributed by atoms with E-state index in [-0.39, 0.29) is 17.5 Å². The average Bonchev–Trinajstić information content (AvgIpc) is 3.30. The Labute approximate surface area is 168 Å². The maximum absolute atomic E-state index is 13.1. The largest absolute Gasteiger partial charge is 0.343 e. The highest BCUT2D eigenvalue weighted by Crippen LogP contribution is 2.26. The molecule has 4 rings (SSSR count). The van der Waals surface area contributed by atoms with E-state index in [0.29, 0.717) is 31.9 Å². The Balaban J connectivity index is 1.51. The molecule has 1 aliphatic rings. The van der Waals surface area contributed by atoms with Crippen molar-refractivity contribution in [1.82, 2.24) is 34.7 Å². The molecule has 3 aromatic rings. The fraction of sp³-hybridized carbons (Fsp3) is 0.450. The lowest BCUT2D eigenvalue weighted by Crippen LogP contribution is -2.40. The molecule has 0 bridgehead atoms. The number of nitrogens with zero attached hydrogens (tertiary/aromatic N) is 6. The van der Waals surface area contributed by atoms with Crippen LogP contribution < -0.4 is 5.69 Å². The normalized spacial score (nSPS) is 16.9. The molecule has 1 fully saturated rings. The van der Waals surface area contributed by atoms with Crippen LogP contribution in [0.3, 0.4) is 0 Å². The predicted molar refractivity (Wildman–Crippen MR) is 107 cm³/mol. The Morgan fingerprint density at radius 2 is 2.07 bits per heavy atom. The van der Waals surface area contributed by atoms with Crippen LogP contribution in [0.15, 0.2) is 35.1 Å². The monoisotopic (exact) mass is 395 g/mol. The molecule has 1 saturated heterocycles. The molecule has 29 heavy (non-hydrogen) atoms. The maximum atomic E-state index is 13.1. The van der Waals surface area contributed by atoms with Crippen LogP contribution in [-0.4, -0.2) is 53.7 Å². The van der Waals surface area contributed by atoms with Crippen molar-refractivity contribution in [3.63, 3.8) is 0 Å². The first-order valence-corrected chi connectivity index (χ1v) is 9.96. The average molecular weight is 395 g/mol. The van der Waals surface area contributed by atoms with E-state index < -0.39 is 0 Å². The van der Waals surface area contributed by atoms with Gasteiger partial charge in [-0.1, -0.05) is 35.5 Å². The van der Waals surface area contributed by atoms with Gasteiger partial charge >= 0.3 is 5.69 Å². The summed E-state index contributed by atoms with van der Waals surface area (Å²) in [5, 5.41) is 15.1. The van der Waals surface area contributed by atoms with Crippen molar-refractivity contribution in [3.8, 4) is 0 Å². The summed E-state index contributed by atoms with van der Waals surface area (Å²) in [6.45, 7) is 6.11. The third-order valence-corrected chi connectivity index (χ3v) is 5.54. The lowest BCUT2D eigenvalue weighted by Gasteiger charge is -2.31. The van der Waals surface area contributed by atoms with Crippen molar-refractivity contribution in [2.45, 2.75) is 45.7 Å². The Bertz CT molecular complexity index is 1050. The first-order chi connectivity index (χ1) is 14.1. The summed E-state index contributed by atoms with van der Waals surface area (Å²) < 4.78 is 3.40. The number of likely N-dealkylation sites (tertiary alicyclic amines) is 1. The summed E-state index contributed by atoms with van der Waals surface area (Å²) in [7, 11) is 0. The molecule has 0 spiro atoms. The van der Waals surface area contributed by atoms with Gasteiger partial charge in [0.25, 0.3) is 5.91 Å². The van der Waals surface area contributed by atoms with Gasteiger partial charge in [-0.15, -0.1) is 5.10 Å². The molecule has 0 unspecified atom stereocenters. The Kier molecular flexibility index (Phi) is 5.28. The summed E-state index contributed by atoms with van der Waals surface area (Å²) in [6.07, 6.45) is 1.76. The van der Waals surface area contributed by atoms with Crippen LogP contribution in [-0.2, 0) is 13.1 Å². The third kappa shape index (κ3) is 3.72. The lowest BCUT2D eigenvalue weighted by molar-refractivity contribution is 0.0696. The molecule has 3 heterocycles. The fourth-order valence-electron chi connectivity index (χ4n) is 3.93. The summed E-state index contributed by atoms with van der Waals surface area (Å²) in [4.78, 5) is 26.8. The minimum Gasteiger partial charge on any atom is -0.336 e. The Hall–Kier alpha value is -3.23. The van der Waals surface area contributed by atoms with E-state index in [2.05, 4.69) is 20.5 Å². The number of H-pyrrole nitrogens is 1. The number of amides is 1. The molecule has 0 radical (unpaired) electrons. The van der Waals surface area contributed by atoms with Crippen molar-refractivity contribution in [2.24, 2.45) is 0 Å². The van der Waals surface area contributed by atoms with Gasteiger partial charge < -0.3 is 4.90 Å². The molecule has 1 aliphatic heterocycles. The van der Waals surface area contributed by atoms with Crippen LogP contribution >= 0.6 is 0 Å². The van der Waals surface area contributed by atoms with E-state index in [4.69, 9.17) is 0 Å². The molecule has 1 atom stereocenters. The van der Waals surface area contributed by atoms with E-state index in [1.165, 1.54) is 0 Å². The minimum atomic E-state index is -0.203. The molecule has 1 aromatic carbocycles. The molecular formula is C20H25N7O2. The predicted octanol–water partition coefficient (Wildman–Crippen LogP) is 1.56. The molecule has 0 aliphatic carbocycles. The number of carbonyl (C=O) groups excluding carboxylic acids is 1.